The van der Waals surface area contributed by atoms with Crippen molar-refractivity contribution in [2.45, 2.75) is 64.5 Å². The largest absolute Gasteiger partial charge is 0.466 e. The molecule has 8 heteroatoms. The average molecular weight is 376 g/mol. The monoisotopic (exact) mass is 375 g/mol. The highest BCUT2D eigenvalue weighted by Crippen LogP contribution is 2.21. The van der Waals surface area contributed by atoms with Crippen LogP contribution in [0.5, 0.6) is 0 Å². The Labute approximate surface area is 154 Å². The highest BCUT2D eigenvalue weighted by atomic mass is 35.5. The average Bonchev–Trinajstić information content (AvgIpc) is 2.93. The van der Waals surface area contributed by atoms with E-state index in [1.807, 2.05) is 0 Å². The summed E-state index contributed by atoms with van der Waals surface area (Å²) in [6.45, 7) is 4.90. The van der Waals surface area contributed by atoms with Gasteiger partial charge in [-0.05, 0) is 52.1 Å². The second-order valence-corrected chi connectivity index (χ2v) is 6.37. The van der Waals surface area contributed by atoms with Gasteiger partial charge in [-0.25, -0.2) is 4.79 Å². The summed E-state index contributed by atoms with van der Waals surface area (Å²) in [5.74, 6) is -0.201. The first kappa shape index (κ1) is 21.7. The van der Waals surface area contributed by atoms with E-state index in [-0.39, 0.29) is 24.1 Å². The summed E-state index contributed by atoms with van der Waals surface area (Å²) in [5, 5.41) is 10.4. The molecule has 1 unspecified atom stereocenters. The summed E-state index contributed by atoms with van der Waals surface area (Å²) >= 11 is 0. The van der Waals surface area contributed by atoms with Crippen LogP contribution in [0.1, 0.15) is 69.4 Å². The van der Waals surface area contributed by atoms with Crippen LogP contribution >= 0.6 is 12.4 Å². The lowest BCUT2D eigenvalue weighted by Crippen LogP contribution is -2.29. The van der Waals surface area contributed by atoms with Gasteiger partial charge in [-0.1, -0.05) is 6.42 Å². The van der Waals surface area contributed by atoms with Crippen molar-refractivity contribution in [3.8, 4) is 0 Å². The highest BCUT2D eigenvalue weighted by Gasteiger charge is 2.19. The molecule has 0 aliphatic carbocycles. The van der Waals surface area contributed by atoms with E-state index in [0.29, 0.717) is 44.5 Å². The summed E-state index contributed by atoms with van der Waals surface area (Å²) in [4.78, 5) is 30.8. The first-order chi connectivity index (χ1) is 11.6. The predicted molar refractivity (Wildman–Crippen MR) is 97.9 cm³/mol. The smallest absolute Gasteiger partial charge is 0.323 e. The molecule has 2 rings (SSSR count). The standard InChI is InChI=1S/C17H29N3O4.ClH/c1-2-24-15(22)9-5-4-8-14(21)16-13(18-17(23)19-16)12-20-10-6-3-7-11-20;/h14,21H,2-12H2,1H3,(H2,18,19,23);1H. The minimum Gasteiger partial charge on any atom is -0.466 e. The lowest BCUT2D eigenvalue weighted by atomic mass is 10.1. The van der Waals surface area contributed by atoms with E-state index in [2.05, 4.69) is 14.9 Å². The molecule has 3 N–H and O–H groups in total. The van der Waals surface area contributed by atoms with Crippen LogP contribution in [0.3, 0.4) is 0 Å². The molecule has 0 saturated carbocycles. The third-order valence-corrected chi connectivity index (χ3v) is 4.42. The zero-order chi connectivity index (χ0) is 17.4. The number of nitrogens with zero attached hydrogens (tertiary/aromatic N) is 1. The minimum atomic E-state index is -0.717. The molecule has 2 heterocycles. The van der Waals surface area contributed by atoms with Crippen LogP contribution in [0.25, 0.3) is 0 Å². The van der Waals surface area contributed by atoms with Crippen LogP contribution in [-0.4, -0.2) is 45.6 Å². The second-order valence-electron chi connectivity index (χ2n) is 6.37. The molecule has 7 nitrogen and oxygen atoms in total. The molecule has 1 aliphatic rings. The quantitative estimate of drug-likeness (QED) is 0.454. The van der Waals surface area contributed by atoms with Gasteiger partial charge in [0.1, 0.15) is 0 Å². The van der Waals surface area contributed by atoms with E-state index in [1.165, 1.54) is 19.3 Å². The Kier molecular flexibility index (Phi) is 9.85. The molecule has 1 aromatic heterocycles. The van der Waals surface area contributed by atoms with Crippen LogP contribution in [-0.2, 0) is 16.1 Å². The number of aliphatic hydroxyl groups excluding tert-OH is 1. The van der Waals surface area contributed by atoms with Crippen molar-refractivity contribution in [3.05, 3.63) is 21.9 Å². The number of aromatic nitrogens is 2. The summed E-state index contributed by atoms with van der Waals surface area (Å²) in [6, 6.07) is 0. The number of imidazole rings is 1. The normalized spacial score (nSPS) is 16.2. The van der Waals surface area contributed by atoms with Gasteiger partial charge >= 0.3 is 11.7 Å². The zero-order valence-electron chi connectivity index (χ0n) is 14.9. The molecule has 1 fully saturated rings. The van der Waals surface area contributed by atoms with Gasteiger partial charge in [0.2, 0.25) is 0 Å². The van der Waals surface area contributed by atoms with E-state index < -0.39 is 6.10 Å². The third kappa shape index (κ3) is 7.22. The Morgan fingerprint density at radius 3 is 2.64 bits per heavy atom. The van der Waals surface area contributed by atoms with E-state index in [0.717, 1.165) is 18.8 Å². The number of hydrogen-bond acceptors (Lipinski definition) is 5. The van der Waals surface area contributed by atoms with Crippen molar-refractivity contribution in [3.63, 3.8) is 0 Å². The van der Waals surface area contributed by atoms with Crippen molar-refractivity contribution >= 4 is 18.4 Å². The molecule has 0 spiro atoms. The molecule has 0 radical (unpaired) electrons. The lowest BCUT2D eigenvalue weighted by Gasteiger charge is -2.26. The van der Waals surface area contributed by atoms with Gasteiger partial charge in [-0.2, -0.15) is 0 Å². The summed E-state index contributed by atoms with van der Waals surface area (Å²) in [5.41, 5.74) is 1.09. The molecule has 1 aliphatic heterocycles. The van der Waals surface area contributed by atoms with E-state index in [4.69, 9.17) is 4.74 Å². The number of aliphatic hydroxyl groups is 1. The van der Waals surface area contributed by atoms with Crippen LogP contribution in [0, 0.1) is 0 Å². The fraction of sp³-hybridized carbons (Fsp3) is 0.765. The molecule has 1 saturated heterocycles. The molecule has 144 valence electrons. The summed E-state index contributed by atoms with van der Waals surface area (Å²) < 4.78 is 4.88. The number of unbranched alkanes of at least 4 members (excludes halogenated alkanes) is 1. The number of likely N-dealkylation sites (tertiary alicyclic amines) is 1. The summed E-state index contributed by atoms with van der Waals surface area (Å²) in [7, 11) is 0. The number of halogens is 1. The van der Waals surface area contributed by atoms with Crippen LogP contribution in [0.2, 0.25) is 0 Å². The van der Waals surface area contributed by atoms with Crippen molar-refractivity contribution in [1.29, 1.82) is 0 Å². The topological polar surface area (TPSA) is 98.4 Å². The summed E-state index contributed by atoms with van der Waals surface area (Å²) in [6.07, 6.45) is 5.16. The maximum atomic E-state index is 11.6. The number of ether oxygens (including phenoxy) is 1. The van der Waals surface area contributed by atoms with E-state index in [1.54, 1.807) is 6.92 Å². The van der Waals surface area contributed by atoms with Crippen LogP contribution in [0.4, 0.5) is 0 Å². The number of rotatable bonds is 9. The van der Waals surface area contributed by atoms with Crippen LogP contribution in [0.15, 0.2) is 4.79 Å². The number of piperidine rings is 1. The molecular weight excluding hydrogens is 346 g/mol. The molecule has 1 aromatic rings. The van der Waals surface area contributed by atoms with Crippen molar-refractivity contribution in [2.75, 3.05) is 19.7 Å². The first-order valence-corrected chi connectivity index (χ1v) is 8.97. The van der Waals surface area contributed by atoms with Gasteiger partial charge in [0, 0.05) is 13.0 Å². The number of carbonyl (C=O) groups is 1. The number of esters is 1. The second kappa shape index (κ2) is 11.3. The van der Waals surface area contributed by atoms with Gasteiger partial charge in [-0.3, -0.25) is 9.69 Å². The van der Waals surface area contributed by atoms with Gasteiger partial charge in [0.15, 0.2) is 0 Å². The predicted octanol–water partition coefficient (Wildman–Crippen LogP) is 2.27. The van der Waals surface area contributed by atoms with Crippen molar-refractivity contribution in [2.24, 2.45) is 0 Å². The molecule has 25 heavy (non-hydrogen) atoms. The Morgan fingerprint density at radius 2 is 1.96 bits per heavy atom. The highest BCUT2D eigenvalue weighted by molar-refractivity contribution is 5.85. The maximum Gasteiger partial charge on any atom is 0.323 e. The number of aromatic amines is 2. The van der Waals surface area contributed by atoms with E-state index in [9.17, 15) is 14.7 Å². The van der Waals surface area contributed by atoms with E-state index >= 15 is 0 Å². The van der Waals surface area contributed by atoms with Gasteiger partial charge < -0.3 is 19.8 Å². The molecule has 0 aromatic carbocycles. The maximum absolute atomic E-state index is 11.6. The molecular formula is C17H30ClN3O4. The van der Waals surface area contributed by atoms with Gasteiger partial charge in [0.05, 0.1) is 24.1 Å². The van der Waals surface area contributed by atoms with Gasteiger partial charge in [0.25, 0.3) is 0 Å². The number of nitrogens with one attached hydrogen (secondary N) is 2. The number of carbonyl (C=O) groups excluding carboxylic acids is 1. The molecule has 0 bridgehead atoms. The Hall–Kier alpha value is -1.31. The van der Waals surface area contributed by atoms with Gasteiger partial charge in [-0.15, -0.1) is 12.4 Å². The van der Waals surface area contributed by atoms with Crippen LogP contribution < -0.4 is 5.69 Å². The number of H-pyrrole nitrogens is 2. The van der Waals surface area contributed by atoms with Crippen molar-refractivity contribution < 1.29 is 14.6 Å². The SMILES string of the molecule is CCOC(=O)CCCCC(O)c1[nH]c(=O)[nH]c1CN1CCCCC1.Cl. The molecule has 1 atom stereocenters. The fourth-order valence-corrected chi connectivity index (χ4v) is 3.17. The molecule has 0 amide bonds. The third-order valence-electron chi connectivity index (χ3n) is 4.42. The number of hydrogen-bond donors (Lipinski definition) is 3. The lowest BCUT2D eigenvalue weighted by molar-refractivity contribution is -0.143. The Bertz CT molecular complexity index is 566. The Balaban J connectivity index is 0.00000312. The zero-order valence-corrected chi connectivity index (χ0v) is 15.7. The minimum absolute atomic E-state index is 0. The Morgan fingerprint density at radius 1 is 1.24 bits per heavy atom. The fourth-order valence-electron chi connectivity index (χ4n) is 3.17. The first-order valence-electron chi connectivity index (χ1n) is 8.97. The van der Waals surface area contributed by atoms with Crippen molar-refractivity contribution in [1.82, 2.24) is 14.9 Å².